The third-order valence-corrected chi connectivity index (χ3v) is 1.08. The Morgan fingerprint density at radius 1 is 1.89 bits per heavy atom. The van der Waals surface area contributed by atoms with Gasteiger partial charge in [-0.1, -0.05) is 12.2 Å². The molecule has 0 saturated carbocycles. The molecule has 0 rings (SSSR count). The van der Waals surface area contributed by atoms with Crippen molar-refractivity contribution in [3.05, 3.63) is 0 Å². The first-order valence-corrected chi connectivity index (χ1v) is 2.99. The molecule has 0 aliphatic heterocycles. The topological polar surface area (TPSA) is 50.5 Å². The summed E-state index contributed by atoms with van der Waals surface area (Å²) in [6, 6.07) is 0. The molecule has 0 fully saturated rings. The summed E-state index contributed by atoms with van der Waals surface area (Å²) in [5.41, 5.74) is 3.81. The second-order valence-electron chi connectivity index (χ2n) is 1.42. The van der Waals surface area contributed by atoms with Crippen molar-refractivity contribution < 1.29 is 4.74 Å². The number of hydrogen-bond acceptors (Lipinski definition) is 4. The van der Waals surface area contributed by atoms with Gasteiger partial charge in [0, 0.05) is 7.11 Å². The predicted octanol–water partition coefficient (Wildman–Crippen LogP) is -0.730. The molecule has 0 aromatic rings. The quantitative estimate of drug-likeness (QED) is 0.307. The summed E-state index contributed by atoms with van der Waals surface area (Å²) >= 11 is 4.59. The van der Waals surface area contributed by atoms with E-state index in [0.717, 1.165) is 0 Å². The van der Waals surface area contributed by atoms with Gasteiger partial charge in [-0.2, -0.15) is 5.53 Å². The van der Waals surface area contributed by atoms with E-state index < -0.39 is 0 Å². The van der Waals surface area contributed by atoms with E-state index in [1.165, 1.54) is 5.49 Å². The van der Waals surface area contributed by atoms with Crippen LogP contribution in [0.5, 0.6) is 0 Å². The SMILES string of the molecule is COCCN(C=S)NN. The number of ether oxygens (including phenoxy) is 1. The van der Waals surface area contributed by atoms with E-state index in [2.05, 4.69) is 17.8 Å². The zero-order chi connectivity index (χ0) is 7.11. The molecule has 4 nitrogen and oxygen atoms in total. The normalized spacial score (nSPS) is 9.11. The van der Waals surface area contributed by atoms with Gasteiger partial charge < -0.3 is 4.74 Å². The molecule has 0 atom stereocenters. The number of nitrogens with two attached hydrogens (primary N) is 1. The number of nitrogens with zero attached hydrogens (tertiary/aromatic N) is 1. The predicted molar refractivity (Wildman–Crippen MR) is 39.6 cm³/mol. The van der Waals surface area contributed by atoms with Gasteiger partial charge >= 0.3 is 0 Å². The Hall–Kier alpha value is -0.230. The highest BCUT2D eigenvalue weighted by molar-refractivity contribution is 7.78. The van der Waals surface area contributed by atoms with Crippen molar-refractivity contribution in [2.45, 2.75) is 0 Å². The maximum absolute atomic E-state index is 5.05. The van der Waals surface area contributed by atoms with Crippen LogP contribution in [0.1, 0.15) is 0 Å². The van der Waals surface area contributed by atoms with E-state index in [0.29, 0.717) is 13.2 Å². The highest BCUT2D eigenvalue weighted by Crippen LogP contribution is 1.74. The fraction of sp³-hybridized carbons (Fsp3) is 0.750. The van der Waals surface area contributed by atoms with E-state index in [-0.39, 0.29) is 0 Å². The number of methoxy groups -OCH3 is 1. The molecule has 0 amide bonds. The van der Waals surface area contributed by atoms with Crippen molar-refractivity contribution in [1.29, 1.82) is 0 Å². The molecule has 0 aromatic heterocycles. The van der Waals surface area contributed by atoms with Crippen molar-refractivity contribution in [3.63, 3.8) is 0 Å². The zero-order valence-electron chi connectivity index (χ0n) is 5.33. The molecule has 9 heavy (non-hydrogen) atoms. The molecular formula is C4H11N3OS. The van der Waals surface area contributed by atoms with Gasteiger partial charge in [-0.3, -0.25) is 10.9 Å². The molecule has 0 aliphatic carbocycles. The molecule has 0 radical (unpaired) electrons. The number of nitrogens with one attached hydrogen (secondary N) is 1. The molecule has 0 aliphatic rings. The van der Waals surface area contributed by atoms with Crippen molar-refractivity contribution in [2.24, 2.45) is 5.84 Å². The molecular weight excluding hydrogens is 138 g/mol. The second-order valence-corrected chi connectivity index (χ2v) is 1.63. The van der Waals surface area contributed by atoms with Crippen LogP contribution in [0.4, 0.5) is 0 Å². The van der Waals surface area contributed by atoms with Crippen LogP contribution in [0.2, 0.25) is 0 Å². The highest BCUT2D eigenvalue weighted by Gasteiger charge is 1.91. The first kappa shape index (κ1) is 8.77. The average molecular weight is 149 g/mol. The lowest BCUT2D eigenvalue weighted by molar-refractivity contribution is 0.162. The Kier molecular flexibility index (Phi) is 5.75. The van der Waals surface area contributed by atoms with E-state index in [1.54, 1.807) is 12.1 Å². The first-order valence-electron chi connectivity index (χ1n) is 2.52. The monoisotopic (exact) mass is 149 g/mol. The number of thiocarbonyl (C=S) groups is 1. The molecule has 5 heteroatoms. The van der Waals surface area contributed by atoms with Gasteiger partial charge in [0.15, 0.2) is 0 Å². The standard InChI is InChI=1S/C4H11N3OS/c1-8-3-2-7(4-9)6-5/h4,6H,2-3,5H2,1H3. The molecule has 0 bridgehead atoms. The van der Waals surface area contributed by atoms with E-state index in [1.807, 2.05) is 0 Å². The van der Waals surface area contributed by atoms with Gasteiger partial charge in [-0.15, -0.1) is 0 Å². The number of hydrazine groups is 2. The van der Waals surface area contributed by atoms with Crippen LogP contribution >= 0.6 is 12.2 Å². The summed E-state index contributed by atoms with van der Waals surface area (Å²) in [6.45, 7) is 1.27. The largest absolute Gasteiger partial charge is 0.383 e. The summed E-state index contributed by atoms with van der Waals surface area (Å²) in [7, 11) is 1.62. The summed E-state index contributed by atoms with van der Waals surface area (Å²) in [4.78, 5) is 0. The molecule has 0 aromatic carbocycles. The molecule has 0 heterocycles. The minimum atomic E-state index is 0.608. The van der Waals surface area contributed by atoms with Gasteiger partial charge in [0.05, 0.1) is 18.6 Å². The minimum Gasteiger partial charge on any atom is -0.383 e. The Morgan fingerprint density at radius 2 is 2.56 bits per heavy atom. The Balaban J connectivity index is 3.20. The van der Waals surface area contributed by atoms with Crippen LogP contribution in [-0.4, -0.2) is 30.8 Å². The Labute approximate surface area is 59.9 Å². The van der Waals surface area contributed by atoms with Crippen molar-refractivity contribution in [1.82, 2.24) is 10.5 Å². The molecule has 3 N–H and O–H groups in total. The number of hydrogen-bond donors (Lipinski definition) is 2. The Bertz CT molecular complexity index is 80.2. The van der Waals surface area contributed by atoms with Crippen molar-refractivity contribution in [2.75, 3.05) is 20.3 Å². The second kappa shape index (κ2) is 5.90. The van der Waals surface area contributed by atoms with E-state index in [9.17, 15) is 0 Å². The van der Waals surface area contributed by atoms with Gasteiger partial charge in [0.1, 0.15) is 0 Å². The van der Waals surface area contributed by atoms with Gasteiger partial charge in [0.25, 0.3) is 0 Å². The molecule has 0 spiro atoms. The van der Waals surface area contributed by atoms with Crippen LogP contribution in [-0.2, 0) is 4.74 Å². The van der Waals surface area contributed by atoms with E-state index in [4.69, 9.17) is 10.6 Å². The summed E-state index contributed by atoms with van der Waals surface area (Å²) in [6.07, 6.45) is 0. The Morgan fingerprint density at radius 3 is 2.89 bits per heavy atom. The van der Waals surface area contributed by atoms with Crippen LogP contribution in [0.25, 0.3) is 0 Å². The maximum atomic E-state index is 5.05. The fourth-order valence-electron chi connectivity index (χ4n) is 0.337. The minimum absolute atomic E-state index is 0.608. The molecule has 0 saturated heterocycles. The van der Waals surface area contributed by atoms with Crippen molar-refractivity contribution >= 4 is 17.7 Å². The fourth-order valence-corrected chi connectivity index (χ4v) is 0.504. The summed E-state index contributed by atoms with van der Waals surface area (Å²) in [5, 5.41) is 1.55. The average Bonchev–Trinajstić information content (AvgIpc) is 1.91. The van der Waals surface area contributed by atoms with Crippen LogP contribution in [0.3, 0.4) is 0 Å². The summed E-state index contributed by atoms with van der Waals surface area (Å²) in [5.74, 6) is 5.05. The van der Waals surface area contributed by atoms with Crippen LogP contribution < -0.4 is 11.4 Å². The van der Waals surface area contributed by atoms with Gasteiger partial charge in [-0.25, -0.2) is 0 Å². The third-order valence-electron chi connectivity index (χ3n) is 0.829. The lowest BCUT2D eigenvalue weighted by Crippen LogP contribution is -2.43. The number of rotatable bonds is 5. The van der Waals surface area contributed by atoms with Crippen molar-refractivity contribution in [3.8, 4) is 0 Å². The van der Waals surface area contributed by atoms with Crippen LogP contribution in [0, 0.1) is 0 Å². The third kappa shape index (κ3) is 4.28. The first-order chi connectivity index (χ1) is 4.35. The van der Waals surface area contributed by atoms with E-state index >= 15 is 0 Å². The van der Waals surface area contributed by atoms with Gasteiger partial charge in [-0.05, 0) is 0 Å². The smallest absolute Gasteiger partial charge is 0.0802 e. The maximum Gasteiger partial charge on any atom is 0.0802 e. The van der Waals surface area contributed by atoms with Crippen LogP contribution in [0.15, 0.2) is 0 Å². The zero-order valence-corrected chi connectivity index (χ0v) is 6.15. The lowest BCUT2D eigenvalue weighted by atomic mass is 10.7. The molecule has 0 unspecified atom stereocenters. The van der Waals surface area contributed by atoms with Gasteiger partial charge in [0.2, 0.25) is 0 Å². The highest BCUT2D eigenvalue weighted by atomic mass is 32.1. The summed E-state index contributed by atoms with van der Waals surface area (Å²) < 4.78 is 4.77. The lowest BCUT2D eigenvalue weighted by Gasteiger charge is -2.14. The molecule has 54 valence electrons.